The van der Waals surface area contributed by atoms with Gasteiger partial charge in [-0.3, -0.25) is 0 Å². The average Bonchev–Trinajstić information content (AvgIpc) is 2.73. The monoisotopic (exact) mass is 317 g/mol. The zero-order valence-corrected chi connectivity index (χ0v) is 11.0. The molecule has 0 aliphatic carbocycles. The molecule has 1 rings (SSSR count). The second-order valence-corrected chi connectivity index (χ2v) is 6.48. The molecule has 19 heavy (non-hydrogen) atoms. The van der Waals surface area contributed by atoms with Crippen LogP contribution >= 0.6 is 11.3 Å². The summed E-state index contributed by atoms with van der Waals surface area (Å²) in [5, 5.41) is 9.78. The van der Waals surface area contributed by atoms with Crippen LogP contribution in [0.25, 0.3) is 0 Å². The number of halogens is 3. The van der Waals surface area contributed by atoms with Crippen molar-refractivity contribution in [2.75, 3.05) is 6.54 Å². The van der Waals surface area contributed by atoms with Crippen molar-refractivity contribution in [2.45, 2.75) is 23.2 Å². The van der Waals surface area contributed by atoms with Crippen LogP contribution in [-0.4, -0.2) is 32.2 Å². The van der Waals surface area contributed by atoms with Gasteiger partial charge in [0.05, 0.1) is 5.56 Å². The molecule has 1 aromatic rings. The van der Waals surface area contributed by atoms with Gasteiger partial charge in [0.15, 0.2) is 0 Å². The quantitative estimate of drug-likeness (QED) is 0.787. The van der Waals surface area contributed by atoms with Crippen molar-refractivity contribution >= 4 is 27.3 Å². The molecule has 0 amide bonds. The fraction of sp³-hybridized carbons (Fsp3) is 0.444. The van der Waals surface area contributed by atoms with E-state index in [1.807, 2.05) is 4.72 Å². The molecule has 0 fully saturated rings. The Balaban J connectivity index is 2.58. The van der Waals surface area contributed by atoms with Gasteiger partial charge in [0.25, 0.3) is 0 Å². The maximum Gasteiger partial charge on any atom is 0.389 e. The van der Waals surface area contributed by atoms with E-state index in [2.05, 4.69) is 0 Å². The minimum Gasteiger partial charge on any atom is -0.478 e. The van der Waals surface area contributed by atoms with Gasteiger partial charge in [-0.15, -0.1) is 11.3 Å². The molecule has 0 aliphatic heterocycles. The molecule has 0 radical (unpaired) electrons. The molecule has 0 saturated carbocycles. The molecule has 108 valence electrons. The zero-order chi connectivity index (χ0) is 14.7. The van der Waals surface area contributed by atoms with Crippen LogP contribution in [0.2, 0.25) is 0 Å². The summed E-state index contributed by atoms with van der Waals surface area (Å²) in [4.78, 5) is 10.6. The molecular formula is C9H10F3NO4S2. The van der Waals surface area contributed by atoms with Crippen LogP contribution in [-0.2, 0) is 10.0 Å². The van der Waals surface area contributed by atoms with E-state index in [0.717, 1.165) is 11.4 Å². The van der Waals surface area contributed by atoms with Crippen LogP contribution in [0.3, 0.4) is 0 Å². The van der Waals surface area contributed by atoms with Gasteiger partial charge >= 0.3 is 12.1 Å². The lowest BCUT2D eigenvalue weighted by Gasteiger charge is -2.07. The summed E-state index contributed by atoms with van der Waals surface area (Å²) in [5.41, 5.74) is -0.180. The van der Waals surface area contributed by atoms with Crippen molar-refractivity contribution < 1.29 is 31.5 Å². The third kappa shape index (κ3) is 5.17. The topological polar surface area (TPSA) is 83.5 Å². The first-order valence-electron chi connectivity index (χ1n) is 5.00. The van der Waals surface area contributed by atoms with Crippen LogP contribution in [0.1, 0.15) is 23.2 Å². The first kappa shape index (κ1) is 15.9. The number of thiophene rings is 1. The number of carbonyl (C=O) groups is 1. The Morgan fingerprint density at radius 1 is 1.42 bits per heavy atom. The van der Waals surface area contributed by atoms with E-state index in [-0.39, 0.29) is 22.7 Å². The highest BCUT2D eigenvalue weighted by molar-refractivity contribution is 7.91. The summed E-state index contributed by atoms with van der Waals surface area (Å²) in [7, 11) is -3.95. The Labute approximate surface area is 111 Å². The number of aromatic carboxylic acids is 1. The smallest absolute Gasteiger partial charge is 0.389 e. The first-order chi connectivity index (χ1) is 8.62. The van der Waals surface area contributed by atoms with Crippen molar-refractivity contribution in [3.63, 3.8) is 0 Å². The fourth-order valence-electron chi connectivity index (χ4n) is 1.14. The third-order valence-electron chi connectivity index (χ3n) is 2.02. The van der Waals surface area contributed by atoms with E-state index in [0.29, 0.717) is 11.3 Å². The zero-order valence-electron chi connectivity index (χ0n) is 9.40. The molecule has 0 aromatic carbocycles. The molecule has 0 atom stereocenters. The summed E-state index contributed by atoms with van der Waals surface area (Å²) in [6, 6.07) is 0.957. The van der Waals surface area contributed by atoms with Crippen LogP contribution in [0.15, 0.2) is 15.7 Å². The van der Waals surface area contributed by atoms with E-state index in [4.69, 9.17) is 5.11 Å². The second kappa shape index (κ2) is 5.88. The standard InChI is InChI=1S/C9H10F3NO4S2/c10-9(11,12)2-1-3-13-19(16,17)7-4-6(5-18-7)8(14)15/h4-5,13H,1-3H2,(H,14,15). The number of rotatable bonds is 6. The number of alkyl halides is 3. The third-order valence-corrected chi connectivity index (χ3v) is 4.92. The van der Waals surface area contributed by atoms with Gasteiger partial charge < -0.3 is 5.11 Å². The molecular weight excluding hydrogens is 307 g/mol. The highest BCUT2D eigenvalue weighted by Gasteiger charge is 2.26. The van der Waals surface area contributed by atoms with Gasteiger partial charge in [-0.25, -0.2) is 17.9 Å². The lowest BCUT2D eigenvalue weighted by atomic mass is 10.3. The Hall–Kier alpha value is -1.13. The van der Waals surface area contributed by atoms with Gasteiger partial charge in [0.1, 0.15) is 4.21 Å². The van der Waals surface area contributed by atoms with Crippen molar-refractivity contribution in [1.29, 1.82) is 0 Å². The van der Waals surface area contributed by atoms with E-state index in [1.165, 1.54) is 0 Å². The largest absolute Gasteiger partial charge is 0.478 e. The molecule has 2 N–H and O–H groups in total. The van der Waals surface area contributed by atoms with Gasteiger partial charge in [0, 0.05) is 18.3 Å². The van der Waals surface area contributed by atoms with Gasteiger partial charge in [-0.2, -0.15) is 13.2 Å². The predicted molar refractivity (Wildman–Crippen MR) is 61.8 cm³/mol. The number of hydrogen-bond acceptors (Lipinski definition) is 4. The number of carboxylic acid groups (broad SMARTS) is 1. The van der Waals surface area contributed by atoms with Crippen LogP contribution in [0.4, 0.5) is 13.2 Å². The molecule has 0 saturated heterocycles. The maximum absolute atomic E-state index is 11.9. The molecule has 0 bridgehead atoms. The molecule has 10 heteroatoms. The molecule has 1 aromatic heterocycles. The van der Waals surface area contributed by atoms with E-state index >= 15 is 0 Å². The van der Waals surface area contributed by atoms with Crippen molar-refractivity contribution in [1.82, 2.24) is 4.72 Å². The summed E-state index contributed by atoms with van der Waals surface area (Å²) < 4.78 is 60.5. The van der Waals surface area contributed by atoms with E-state index in [1.54, 1.807) is 0 Å². The Morgan fingerprint density at radius 2 is 2.05 bits per heavy atom. The van der Waals surface area contributed by atoms with Crippen LogP contribution in [0.5, 0.6) is 0 Å². The Morgan fingerprint density at radius 3 is 2.53 bits per heavy atom. The SMILES string of the molecule is O=C(O)c1csc(S(=O)(=O)NCCCC(F)(F)F)c1. The molecule has 0 unspecified atom stereocenters. The highest BCUT2D eigenvalue weighted by atomic mass is 32.2. The van der Waals surface area contributed by atoms with E-state index < -0.39 is 28.6 Å². The van der Waals surface area contributed by atoms with Crippen LogP contribution < -0.4 is 4.72 Å². The Bertz CT molecular complexity index is 550. The lowest BCUT2D eigenvalue weighted by molar-refractivity contribution is -0.135. The summed E-state index contributed by atoms with van der Waals surface area (Å²) in [5.74, 6) is -1.27. The fourth-order valence-corrected chi connectivity index (χ4v) is 3.41. The van der Waals surface area contributed by atoms with Gasteiger partial charge in [0.2, 0.25) is 10.0 Å². The maximum atomic E-state index is 11.9. The lowest BCUT2D eigenvalue weighted by Crippen LogP contribution is -2.25. The number of hydrogen-bond donors (Lipinski definition) is 2. The summed E-state index contributed by atoms with van der Waals surface area (Å²) in [6.07, 6.45) is -5.79. The number of carboxylic acids is 1. The molecule has 0 aliphatic rings. The Kier molecular flexibility index (Phi) is 4.93. The van der Waals surface area contributed by atoms with E-state index in [9.17, 15) is 26.4 Å². The van der Waals surface area contributed by atoms with Gasteiger partial charge in [-0.1, -0.05) is 0 Å². The summed E-state index contributed by atoms with van der Waals surface area (Å²) in [6.45, 7) is -0.359. The summed E-state index contributed by atoms with van der Waals surface area (Å²) >= 11 is 0.695. The average molecular weight is 317 g/mol. The molecule has 0 spiro atoms. The normalized spacial score (nSPS) is 12.6. The van der Waals surface area contributed by atoms with Crippen molar-refractivity contribution in [3.8, 4) is 0 Å². The van der Waals surface area contributed by atoms with Crippen LogP contribution in [0, 0.1) is 0 Å². The van der Waals surface area contributed by atoms with Gasteiger partial charge in [-0.05, 0) is 12.5 Å². The predicted octanol–water partition coefficient (Wildman–Crippen LogP) is 2.07. The second-order valence-electron chi connectivity index (χ2n) is 3.58. The molecule has 5 nitrogen and oxygen atoms in total. The minimum atomic E-state index is -4.33. The number of nitrogens with one attached hydrogen (secondary N) is 1. The minimum absolute atomic E-state index is 0.180. The highest BCUT2D eigenvalue weighted by Crippen LogP contribution is 2.22. The first-order valence-corrected chi connectivity index (χ1v) is 7.36. The van der Waals surface area contributed by atoms with Crippen molar-refractivity contribution in [2.24, 2.45) is 0 Å². The van der Waals surface area contributed by atoms with Crippen molar-refractivity contribution in [3.05, 3.63) is 17.0 Å². The number of sulfonamides is 1. The molecule has 1 heterocycles.